The molecule has 0 fully saturated rings. The van der Waals surface area contributed by atoms with Crippen molar-refractivity contribution in [1.82, 2.24) is 5.32 Å². The van der Waals surface area contributed by atoms with Gasteiger partial charge < -0.3 is 10.2 Å². The number of anilines is 1. The third-order valence-electron chi connectivity index (χ3n) is 3.17. The Morgan fingerprint density at radius 3 is 2.47 bits per heavy atom. The number of hydrogen-bond donors (Lipinski definition) is 1. The molecule has 0 atom stereocenters. The van der Waals surface area contributed by atoms with Crippen LogP contribution in [-0.4, -0.2) is 19.6 Å². The Morgan fingerprint density at radius 1 is 1.26 bits per heavy atom. The highest BCUT2D eigenvalue weighted by Crippen LogP contribution is 2.21. The van der Waals surface area contributed by atoms with Gasteiger partial charge in [0.2, 0.25) is 0 Å². The lowest BCUT2D eigenvalue weighted by molar-refractivity contribution is 0.552. The van der Waals surface area contributed by atoms with E-state index in [-0.39, 0.29) is 0 Å². The normalized spacial score (nSPS) is 10.5. The Labute approximate surface area is 117 Å². The molecule has 0 heterocycles. The maximum atomic E-state index is 9.30. The summed E-state index contributed by atoms with van der Waals surface area (Å²) in [7, 11) is 0. The summed E-state index contributed by atoms with van der Waals surface area (Å²) < 4.78 is 0. The lowest BCUT2D eigenvalue weighted by Crippen LogP contribution is -2.23. The largest absolute Gasteiger partial charge is 0.371 e. The first-order valence-corrected chi connectivity index (χ1v) is 7.11. The molecule has 3 heteroatoms. The molecule has 19 heavy (non-hydrogen) atoms. The van der Waals surface area contributed by atoms with E-state index < -0.39 is 0 Å². The molecular formula is C16H25N3. The summed E-state index contributed by atoms with van der Waals surface area (Å²) in [5.74, 6) is 0.644. The van der Waals surface area contributed by atoms with E-state index in [1.165, 1.54) is 5.56 Å². The number of rotatable bonds is 7. The van der Waals surface area contributed by atoms with E-state index in [1.807, 2.05) is 6.07 Å². The molecule has 0 radical (unpaired) electrons. The highest BCUT2D eigenvalue weighted by Gasteiger charge is 2.08. The maximum absolute atomic E-state index is 9.30. The highest BCUT2D eigenvalue weighted by molar-refractivity contribution is 5.60. The van der Waals surface area contributed by atoms with Gasteiger partial charge in [-0.1, -0.05) is 19.9 Å². The number of nitrogens with zero attached hydrogens (tertiary/aromatic N) is 2. The maximum Gasteiger partial charge on any atom is 0.101 e. The lowest BCUT2D eigenvalue weighted by Gasteiger charge is -2.22. The molecule has 1 aromatic rings. The van der Waals surface area contributed by atoms with Gasteiger partial charge in [-0.05, 0) is 44.0 Å². The van der Waals surface area contributed by atoms with E-state index in [1.54, 1.807) is 0 Å². The third kappa shape index (κ3) is 4.57. The molecule has 0 aromatic heterocycles. The first-order chi connectivity index (χ1) is 9.12. The minimum Gasteiger partial charge on any atom is -0.371 e. The fourth-order valence-electron chi connectivity index (χ4n) is 2.13. The molecule has 3 nitrogen and oxygen atoms in total. The van der Waals surface area contributed by atoms with Crippen molar-refractivity contribution in [2.75, 3.05) is 24.5 Å². The Balaban J connectivity index is 2.81. The molecule has 0 amide bonds. The Bertz CT molecular complexity index is 428. The van der Waals surface area contributed by atoms with E-state index in [0.29, 0.717) is 5.92 Å². The summed E-state index contributed by atoms with van der Waals surface area (Å²) in [4.78, 5) is 2.21. The van der Waals surface area contributed by atoms with Gasteiger partial charge in [0.1, 0.15) is 6.07 Å². The van der Waals surface area contributed by atoms with Crippen LogP contribution in [0.3, 0.4) is 0 Å². The summed E-state index contributed by atoms with van der Waals surface area (Å²) in [6.07, 6.45) is 0. The van der Waals surface area contributed by atoms with Gasteiger partial charge >= 0.3 is 0 Å². The molecule has 0 bridgehead atoms. The zero-order valence-corrected chi connectivity index (χ0v) is 12.5. The quantitative estimate of drug-likeness (QED) is 0.817. The number of hydrogen-bond acceptors (Lipinski definition) is 3. The number of nitriles is 1. The highest BCUT2D eigenvalue weighted by atomic mass is 15.1. The van der Waals surface area contributed by atoms with Gasteiger partial charge in [-0.2, -0.15) is 5.26 Å². The Morgan fingerprint density at radius 2 is 1.95 bits per heavy atom. The molecule has 1 N–H and O–H groups in total. The average Bonchev–Trinajstić information content (AvgIpc) is 2.40. The van der Waals surface area contributed by atoms with Crippen molar-refractivity contribution in [3.8, 4) is 6.07 Å². The third-order valence-corrected chi connectivity index (χ3v) is 3.17. The van der Waals surface area contributed by atoms with Gasteiger partial charge in [0, 0.05) is 19.6 Å². The van der Waals surface area contributed by atoms with Gasteiger partial charge in [-0.3, -0.25) is 0 Å². The summed E-state index contributed by atoms with van der Waals surface area (Å²) in [6.45, 7) is 12.3. The van der Waals surface area contributed by atoms with Crippen molar-refractivity contribution < 1.29 is 0 Å². The van der Waals surface area contributed by atoms with Gasteiger partial charge in [-0.15, -0.1) is 0 Å². The van der Waals surface area contributed by atoms with Crippen molar-refractivity contribution in [3.05, 3.63) is 29.3 Å². The van der Waals surface area contributed by atoms with E-state index >= 15 is 0 Å². The van der Waals surface area contributed by atoms with Crippen molar-refractivity contribution in [3.63, 3.8) is 0 Å². The molecule has 0 aliphatic heterocycles. The van der Waals surface area contributed by atoms with Crippen LogP contribution in [-0.2, 0) is 6.54 Å². The van der Waals surface area contributed by atoms with Gasteiger partial charge in [-0.25, -0.2) is 0 Å². The van der Waals surface area contributed by atoms with Crippen molar-refractivity contribution >= 4 is 5.69 Å². The van der Waals surface area contributed by atoms with Crippen LogP contribution >= 0.6 is 0 Å². The second-order valence-corrected chi connectivity index (χ2v) is 5.16. The minimum absolute atomic E-state index is 0.644. The van der Waals surface area contributed by atoms with Crippen molar-refractivity contribution in [1.29, 1.82) is 5.26 Å². The summed E-state index contributed by atoms with van der Waals surface area (Å²) in [6, 6.07) is 8.50. The van der Waals surface area contributed by atoms with Crippen LogP contribution in [0.4, 0.5) is 5.69 Å². The van der Waals surface area contributed by atoms with E-state index in [0.717, 1.165) is 37.4 Å². The van der Waals surface area contributed by atoms with Crippen LogP contribution in [0.5, 0.6) is 0 Å². The van der Waals surface area contributed by atoms with Crippen LogP contribution in [0.25, 0.3) is 0 Å². The summed E-state index contributed by atoms with van der Waals surface area (Å²) >= 11 is 0. The van der Waals surface area contributed by atoms with Crippen LogP contribution in [0, 0.1) is 17.2 Å². The van der Waals surface area contributed by atoms with Crippen LogP contribution in [0.1, 0.15) is 38.8 Å². The molecule has 0 aliphatic carbocycles. The number of nitrogens with one attached hydrogen (secondary N) is 1. The fraction of sp³-hybridized carbons (Fsp3) is 0.562. The second-order valence-electron chi connectivity index (χ2n) is 5.16. The van der Waals surface area contributed by atoms with E-state index in [2.05, 4.69) is 56.1 Å². The van der Waals surface area contributed by atoms with Gasteiger partial charge in [0.25, 0.3) is 0 Å². The smallest absolute Gasteiger partial charge is 0.101 e. The van der Waals surface area contributed by atoms with E-state index in [9.17, 15) is 5.26 Å². The standard InChI is InChI=1S/C16H25N3/c1-5-19(6-2)16-8-7-14(9-15(16)10-17)12-18-11-13(3)4/h7-9,13,18H,5-6,11-12H2,1-4H3. The zero-order valence-electron chi connectivity index (χ0n) is 12.5. The Hall–Kier alpha value is -1.53. The summed E-state index contributed by atoms with van der Waals surface area (Å²) in [5.41, 5.74) is 2.99. The first-order valence-electron chi connectivity index (χ1n) is 7.11. The monoisotopic (exact) mass is 259 g/mol. The average molecular weight is 259 g/mol. The molecule has 0 saturated carbocycles. The first kappa shape index (κ1) is 15.5. The van der Waals surface area contributed by atoms with Crippen molar-refractivity contribution in [2.24, 2.45) is 5.92 Å². The van der Waals surface area contributed by atoms with Crippen LogP contribution in [0.2, 0.25) is 0 Å². The molecule has 0 saturated heterocycles. The van der Waals surface area contributed by atoms with Crippen LogP contribution in [0.15, 0.2) is 18.2 Å². The van der Waals surface area contributed by atoms with Crippen molar-refractivity contribution in [2.45, 2.75) is 34.2 Å². The molecule has 1 rings (SSSR count). The van der Waals surface area contributed by atoms with Gasteiger partial charge in [0.05, 0.1) is 11.3 Å². The topological polar surface area (TPSA) is 39.1 Å². The second kappa shape index (κ2) is 7.81. The van der Waals surface area contributed by atoms with Gasteiger partial charge in [0.15, 0.2) is 0 Å². The minimum atomic E-state index is 0.644. The molecule has 1 aromatic carbocycles. The molecule has 0 unspecified atom stereocenters. The SMILES string of the molecule is CCN(CC)c1ccc(CNCC(C)C)cc1C#N. The molecular weight excluding hydrogens is 234 g/mol. The van der Waals surface area contributed by atoms with Crippen LogP contribution < -0.4 is 10.2 Å². The zero-order chi connectivity index (χ0) is 14.3. The molecule has 104 valence electrons. The predicted molar refractivity (Wildman–Crippen MR) is 81.3 cm³/mol. The number of benzene rings is 1. The molecule has 0 aliphatic rings. The Kier molecular flexibility index (Phi) is 6.38. The summed E-state index contributed by atoms with van der Waals surface area (Å²) in [5, 5.41) is 12.7. The van der Waals surface area contributed by atoms with E-state index in [4.69, 9.17) is 0 Å². The lowest BCUT2D eigenvalue weighted by atomic mass is 10.1. The predicted octanol–water partition coefficient (Wildman–Crippen LogP) is 3.15. The fourth-order valence-corrected chi connectivity index (χ4v) is 2.13. The molecule has 0 spiro atoms.